The fraction of sp³-hybridized carbons (Fsp3) is 0.143. The van der Waals surface area contributed by atoms with Gasteiger partial charge in [-0.2, -0.15) is 0 Å². The van der Waals surface area contributed by atoms with Crippen molar-refractivity contribution in [1.82, 2.24) is 9.97 Å². The molecule has 0 fully saturated rings. The molecule has 0 saturated heterocycles. The molecule has 0 atom stereocenters. The molecule has 0 unspecified atom stereocenters. The topological polar surface area (TPSA) is 78.4 Å². The van der Waals surface area contributed by atoms with Gasteiger partial charge in [0.05, 0.1) is 19.3 Å². The first-order valence-corrected chi connectivity index (χ1v) is 8.42. The quantitative estimate of drug-likeness (QED) is 0.493. The van der Waals surface area contributed by atoms with Gasteiger partial charge in [-0.3, -0.25) is 4.79 Å². The summed E-state index contributed by atoms with van der Waals surface area (Å²) in [4.78, 5) is 33.9. The predicted octanol–water partition coefficient (Wildman–Crippen LogP) is 3.56. The number of carbonyl (C=O) groups excluding carboxylic acids is 2. The van der Waals surface area contributed by atoms with E-state index in [2.05, 4.69) is 9.97 Å². The normalized spacial score (nSPS) is 10.3. The van der Waals surface area contributed by atoms with Crippen LogP contribution in [0.2, 0.25) is 0 Å². The number of ketones is 1. The van der Waals surface area contributed by atoms with Crippen LogP contribution in [0.5, 0.6) is 5.75 Å². The van der Waals surface area contributed by atoms with E-state index in [1.807, 2.05) is 30.3 Å². The first-order chi connectivity index (χ1) is 13.1. The van der Waals surface area contributed by atoms with Gasteiger partial charge < -0.3 is 9.47 Å². The lowest BCUT2D eigenvalue weighted by molar-refractivity contribution is 0.0516. The van der Waals surface area contributed by atoms with Crippen molar-refractivity contribution in [3.8, 4) is 17.1 Å². The molecule has 0 N–H and O–H groups in total. The van der Waals surface area contributed by atoms with Crippen LogP contribution >= 0.6 is 0 Å². The molecular formula is C21H18N2O4. The van der Waals surface area contributed by atoms with Crippen LogP contribution in [0, 0.1) is 0 Å². The van der Waals surface area contributed by atoms with Gasteiger partial charge in [0.15, 0.2) is 17.3 Å². The van der Waals surface area contributed by atoms with E-state index in [-0.39, 0.29) is 23.6 Å². The maximum atomic E-state index is 12.9. The van der Waals surface area contributed by atoms with Crippen molar-refractivity contribution in [2.45, 2.75) is 6.92 Å². The number of nitrogens with zero attached hydrogens (tertiary/aromatic N) is 2. The minimum absolute atomic E-state index is 0.0495. The summed E-state index contributed by atoms with van der Waals surface area (Å²) in [5.74, 6) is -0.0352. The van der Waals surface area contributed by atoms with Crippen LogP contribution in [-0.2, 0) is 4.74 Å². The predicted molar refractivity (Wildman–Crippen MR) is 99.9 cm³/mol. The Hall–Kier alpha value is -3.54. The number of rotatable bonds is 6. The molecule has 0 spiro atoms. The number of hydrogen-bond acceptors (Lipinski definition) is 6. The number of hydrogen-bond donors (Lipinski definition) is 0. The van der Waals surface area contributed by atoms with Gasteiger partial charge in [0.1, 0.15) is 5.75 Å². The number of esters is 1. The van der Waals surface area contributed by atoms with E-state index < -0.39 is 5.97 Å². The first-order valence-electron chi connectivity index (χ1n) is 8.42. The molecule has 6 heteroatoms. The third-order valence-corrected chi connectivity index (χ3v) is 3.89. The molecule has 136 valence electrons. The van der Waals surface area contributed by atoms with Crippen molar-refractivity contribution >= 4 is 11.8 Å². The second-order valence-corrected chi connectivity index (χ2v) is 5.60. The van der Waals surface area contributed by atoms with E-state index in [9.17, 15) is 9.59 Å². The molecule has 0 bridgehead atoms. The first kappa shape index (κ1) is 18.3. The third-order valence-electron chi connectivity index (χ3n) is 3.89. The molecule has 3 aromatic rings. The van der Waals surface area contributed by atoms with Crippen molar-refractivity contribution in [2.24, 2.45) is 0 Å². The van der Waals surface area contributed by atoms with Gasteiger partial charge in [0.25, 0.3) is 0 Å². The zero-order chi connectivity index (χ0) is 19.2. The van der Waals surface area contributed by atoms with Gasteiger partial charge >= 0.3 is 5.97 Å². The Morgan fingerprint density at radius 1 is 1.00 bits per heavy atom. The Labute approximate surface area is 156 Å². The van der Waals surface area contributed by atoms with Crippen LogP contribution < -0.4 is 4.74 Å². The standard InChI is InChI=1S/C21H18N2O4/c1-3-27-21(25)18-17(19(24)14-9-11-16(26-2)12-10-14)13-22-20(23-18)15-7-5-4-6-8-15/h4-13H,3H2,1-2H3. The molecule has 0 radical (unpaired) electrons. The van der Waals surface area contributed by atoms with E-state index in [1.165, 1.54) is 6.20 Å². The third kappa shape index (κ3) is 4.00. The zero-order valence-corrected chi connectivity index (χ0v) is 15.0. The molecule has 0 aliphatic rings. The van der Waals surface area contributed by atoms with E-state index in [4.69, 9.17) is 9.47 Å². The van der Waals surface area contributed by atoms with Crippen LogP contribution in [0.1, 0.15) is 33.3 Å². The van der Waals surface area contributed by atoms with Crippen molar-refractivity contribution < 1.29 is 19.1 Å². The monoisotopic (exact) mass is 362 g/mol. The van der Waals surface area contributed by atoms with Crippen molar-refractivity contribution in [3.63, 3.8) is 0 Å². The SMILES string of the molecule is CCOC(=O)c1nc(-c2ccccc2)ncc1C(=O)c1ccc(OC)cc1. The van der Waals surface area contributed by atoms with Gasteiger partial charge in [-0.1, -0.05) is 30.3 Å². The lowest BCUT2D eigenvalue weighted by Gasteiger charge is -2.09. The molecule has 6 nitrogen and oxygen atoms in total. The number of methoxy groups -OCH3 is 1. The molecule has 0 aliphatic carbocycles. The molecule has 0 aliphatic heterocycles. The van der Waals surface area contributed by atoms with Crippen LogP contribution in [0.25, 0.3) is 11.4 Å². The van der Waals surface area contributed by atoms with Gasteiger partial charge in [-0.05, 0) is 31.2 Å². The molecule has 2 aromatic carbocycles. The fourth-order valence-electron chi connectivity index (χ4n) is 2.53. The number of benzene rings is 2. The summed E-state index contributed by atoms with van der Waals surface area (Å²) in [6.45, 7) is 1.88. The number of aromatic nitrogens is 2. The van der Waals surface area contributed by atoms with E-state index in [1.54, 1.807) is 38.3 Å². The van der Waals surface area contributed by atoms with E-state index in [0.29, 0.717) is 17.1 Å². The molecule has 27 heavy (non-hydrogen) atoms. The Kier molecular flexibility index (Phi) is 5.56. The molecule has 1 aromatic heterocycles. The summed E-state index contributed by atoms with van der Waals surface area (Å²) in [6.07, 6.45) is 1.37. The van der Waals surface area contributed by atoms with Crippen LogP contribution in [0.4, 0.5) is 0 Å². The zero-order valence-electron chi connectivity index (χ0n) is 15.0. The van der Waals surface area contributed by atoms with Crippen LogP contribution in [0.15, 0.2) is 60.8 Å². The van der Waals surface area contributed by atoms with Gasteiger partial charge in [-0.25, -0.2) is 14.8 Å². The second kappa shape index (κ2) is 8.23. The summed E-state index contributed by atoms with van der Waals surface area (Å²) in [6, 6.07) is 15.8. The van der Waals surface area contributed by atoms with Gasteiger partial charge in [0, 0.05) is 17.3 Å². The highest BCUT2D eigenvalue weighted by Gasteiger charge is 2.23. The average Bonchev–Trinajstić information content (AvgIpc) is 2.73. The Balaban J connectivity index is 2.05. The highest BCUT2D eigenvalue weighted by atomic mass is 16.5. The van der Waals surface area contributed by atoms with Gasteiger partial charge in [0.2, 0.25) is 0 Å². The summed E-state index contributed by atoms with van der Waals surface area (Å²) in [5.41, 5.74) is 1.19. The second-order valence-electron chi connectivity index (χ2n) is 5.60. The number of ether oxygens (including phenoxy) is 2. The highest BCUT2D eigenvalue weighted by molar-refractivity contribution is 6.13. The smallest absolute Gasteiger partial charge is 0.357 e. The fourth-order valence-corrected chi connectivity index (χ4v) is 2.53. The average molecular weight is 362 g/mol. The maximum Gasteiger partial charge on any atom is 0.357 e. The summed E-state index contributed by atoms with van der Waals surface area (Å²) >= 11 is 0. The minimum Gasteiger partial charge on any atom is -0.497 e. The lowest BCUT2D eigenvalue weighted by Crippen LogP contribution is -2.16. The van der Waals surface area contributed by atoms with Crippen molar-refractivity contribution in [2.75, 3.05) is 13.7 Å². The lowest BCUT2D eigenvalue weighted by atomic mass is 10.0. The summed E-state index contributed by atoms with van der Waals surface area (Å²) < 4.78 is 10.2. The Morgan fingerprint density at radius 2 is 1.70 bits per heavy atom. The van der Waals surface area contributed by atoms with Gasteiger partial charge in [-0.15, -0.1) is 0 Å². The van der Waals surface area contributed by atoms with Crippen LogP contribution in [-0.4, -0.2) is 35.4 Å². The molecular weight excluding hydrogens is 344 g/mol. The van der Waals surface area contributed by atoms with Crippen molar-refractivity contribution in [1.29, 1.82) is 0 Å². The number of carbonyl (C=O) groups is 2. The minimum atomic E-state index is -0.658. The Bertz CT molecular complexity index is 954. The maximum absolute atomic E-state index is 12.9. The molecule has 3 rings (SSSR count). The van der Waals surface area contributed by atoms with E-state index >= 15 is 0 Å². The largest absolute Gasteiger partial charge is 0.497 e. The van der Waals surface area contributed by atoms with Crippen LogP contribution in [0.3, 0.4) is 0 Å². The molecule has 1 heterocycles. The molecule has 0 amide bonds. The Morgan fingerprint density at radius 3 is 2.33 bits per heavy atom. The van der Waals surface area contributed by atoms with Crippen molar-refractivity contribution in [3.05, 3.63) is 77.6 Å². The highest BCUT2D eigenvalue weighted by Crippen LogP contribution is 2.20. The molecule has 0 saturated carbocycles. The van der Waals surface area contributed by atoms with E-state index in [0.717, 1.165) is 5.56 Å². The summed E-state index contributed by atoms with van der Waals surface area (Å²) in [7, 11) is 1.55. The summed E-state index contributed by atoms with van der Waals surface area (Å²) in [5, 5.41) is 0.